The van der Waals surface area contributed by atoms with Crippen LogP contribution in [0.3, 0.4) is 0 Å². The highest BCUT2D eigenvalue weighted by Crippen LogP contribution is 2.20. The van der Waals surface area contributed by atoms with E-state index in [1.165, 1.54) is 5.56 Å². The van der Waals surface area contributed by atoms with Crippen molar-refractivity contribution < 1.29 is 4.74 Å². The maximum Gasteiger partial charge on any atom is 0.193 e. The standard InChI is InChI=1S/C22H32N4O.HI/c1-5-17(2)19-9-11-20(12-10-19)25-22(23)24-16-18-7-6-8-21(15-18)27-14-13-26(3)4;/h6-12,15,17H,5,13-14,16H2,1-4H3,(H3,23,24,25);1H. The number of halogens is 1. The highest BCUT2D eigenvalue weighted by molar-refractivity contribution is 14.0. The summed E-state index contributed by atoms with van der Waals surface area (Å²) in [5.74, 6) is 1.83. The van der Waals surface area contributed by atoms with Crippen LogP contribution in [0.15, 0.2) is 53.5 Å². The molecule has 0 spiro atoms. The predicted octanol–water partition coefficient (Wildman–Crippen LogP) is 4.69. The summed E-state index contributed by atoms with van der Waals surface area (Å²) in [4.78, 5) is 6.53. The molecule has 28 heavy (non-hydrogen) atoms. The number of anilines is 1. The van der Waals surface area contributed by atoms with Crippen LogP contribution in [0.4, 0.5) is 5.69 Å². The molecule has 6 heteroatoms. The Balaban J connectivity index is 0.00000392. The molecule has 3 N–H and O–H groups in total. The molecule has 2 aromatic rings. The minimum Gasteiger partial charge on any atom is -0.492 e. The molecule has 1 atom stereocenters. The van der Waals surface area contributed by atoms with Gasteiger partial charge in [-0.25, -0.2) is 4.99 Å². The van der Waals surface area contributed by atoms with Crippen LogP contribution in [0, 0.1) is 0 Å². The number of nitrogens with one attached hydrogen (secondary N) is 1. The Hall–Kier alpha value is -1.80. The van der Waals surface area contributed by atoms with Crippen LogP contribution in [-0.2, 0) is 6.54 Å². The molecule has 2 rings (SSSR count). The molecule has 0 aromatic heterocycles. The van der Waals surface area contributed by atoms with Gasteiger partial charge in [0.05, 0.1) is 6.54 Å². The van der Waals surface area contributed by atoms with Crippen molar-refractivity contribution in [1.29, 1.82) is 0 Å². The number of nitrogens with two attached hydrogens (primary N) is 1. The van der Waals surface area contributed by atoms with Crippen LogP contribution in [0.1, 0.15) is 37.3 Å². The Labute approximate surface area is 186 Å². The van der Waals surface area contributed by atoms with E-state index in [-0.39, 0.29) is 24.0 Å². The molecular formula is C22H33IN4O. The third-order valence-electron chi connectivity index (χ3n) is 4.50. The minimum atomic E-state index is 0. The van der Waals surface area contributed by atoms with Crippen molar-refractivity contribution in [2.24, 2.45) is 10.7 Å². The highest BCUT2D eigenvalue weighted by atomic mass is 127. The third-order valence-corrected chi connectivity index (χ3v) is 4.50. The molecule has 0 aliphatic heterocycles. The van der Waals surface area contributed by atoms with Gasteiger partial charge >= 0.3 is 0 Å². The average molecular weight is 496 g/mol. The lowest BCUT2D eigenvalue weighted by molar-refractivity contribution is 0.261. The summed E-state index contributed by atoms with van der Waals surface area (Å²) in [6, 6.07) is 16.3. The van der Waals surface area contributed by atoms with E-state index < -0.39 is 0 Å². The molecule has 0 aliphatic rings. The van der Waals surface area contributed by atoms with E-state index >= 15 is 0 Å². The van der Waals surface area contributed by atoms with Gasteiger partial charge in [0, 0.05) is 12.2 Å². The molecule has 0 amide bonds. The molecule has 0 bridgehead atoms. The van der Waals surface area contributed by atoms with Crippen molar-refractivity contribution in [2.75, 3.05) is 32.6 Å². The first-order chi connectivity index (χ1) is 13.0. The van der Waals surface area contributed by atoms with E-state index in [1.54, 1.807) is 0 Å². The fraction of sp³-hybridized carbons (Fsp3) is 0.409. The normalized spacial score (nSPS) is 12.4. The fourth-order valence-corrected chi connectivity index (χ4v) is 2.57. The monoisotopic (exact) mass is 496 g/mol. The van der Waals surface area contributed by atoms with Crippen LogP contribution in [0.5, 0.6) is 5.75 Å². The van der Waals surface area contributed by atoms with Crippen LogP contribution in [0.25, 0.3) is 0 Å². The molecule has 5 nitrogen and oxygen atoms in total. The van der Waals surface area contributed by atoms with Crippen LogP contribution < -0.4 is 15.8 Å². The van der Waals surface area contributed by atoms with Gasteiger partial charge in [-0.3, -0.25) is 0 Å². The minimum absolute atomic E-state index is 0. The van der Waals surface area contributed by atoms with Gasteiger partial charge in [-0.15, -0.1) is 24.0 Å². The Kier molecular flexibility index (Phi) is 10.9. The fourth-order valence-electron chi connectivity index (χ4n) is 2.57. The summed E-state index contributed by atoms with van der Waals surface area (Å²) in [5, 5.41) is 3.15. The Morgan fingerprint density at radius 3 is 2.54 bits per heavy atom. The van der Waals surface area contributed by atoms with Crippen molar-refractivity contribution in [3.05, 3.63) is 59.7 Å². The van der Waals surface area contributed by atoms with Gasteiger partial charge in [0.25, 0.3) is 0 Å². The summed E-state index contributed by atoms with van der Waals surface area (Å²) in [6.45, 7) is 6.49. The lowest BCUT2D eigenvalue weighted by atomic mass is 9.99. The largest absolute Gasteiger partial charge is 0.492 e. The Morgan fingerprint density at radius 2 is 1.89 bits per heavy atom. The van der Waals surface area contributed by atoms with Crippen LogP contribution in [0.2, 0.25) is 0 Å². The Bertz CT molecular complexity index is 732. The van der Waals surface area contributed by atoms with E-state index in [2.05, 4.69) is 41.2 Å². The van der Waals surface area contributed by atoms with Crippen LogP contribution >= 0.6 is 24.0 Å². The molecule has 0 saturated carbocycles. The van der Waals surface area contributed by atoms with Gasteiger partial charge in [-0.05, 0) is 61.8 Å². The number of rotatable bonds is 9. The van der Waals surface area contributed by atoms with Crippen LogP contribution in [-0.4, -0.2) is 38.1 Å². The second-order valence-electron chi connectivity index (χ2n) is 7.06. The topological polar surface area (TPSA) is 62.9 Å². The molecule has 1 unspecified atom stereocenters. The summed E-state index contributed by atoms with van der Waals surface area (Å²) < 4.78 is 5.76. The van der Waals surface area contributed by atoms with Gasteiger partial charge < -0.3 is 20.7 Å². The number of aliphatic imine (C=N–C) groups is 1. The van der Waals surface area contributed by atoms with Gasteiger partial charge in [-0.2, -0.15) is 0 Å². The third kappa shape index (κ3) is 8.48. The average Bonchev–Trinajstić information content (AvgIpc) is 2.66. The van der Waals surface area contributed by atoms with Crippen molar-refractivity contribution in [3.63, 3.8) is 0 Å². The first kappa shape index (κ1) is 24.2. The van der Waals surface area contributed by atoms with Crippen molar-refractivity contribution in [1.82, 2.24) is 4.90 Å². The molecule has 0 aliphatic carbocycles. The summed E-state index contributed by atoms with van der Waals surface area (Å²) >= 11 is 0. The summed E-state index contributed by atoms with van der Waals surface area (Å²) in [5.41, 5.74) is 9.38. The SMILES string of the molecule is CCC(C)c1ccc(NC(N)=NCc2cccc(OCCN(C)C)c2)cc1.I. The summed E-state index contributed by atoms with van der Waals surface area (Å²) in [6.07, 6.45) is 1.13. The Morgan fingerprint density at radius 1 is 1.18 bits per heavy atom. The van der Waals surface area contributed by atoms with E-state index in [4.69, 9.17) is 10.5 Å². The molecule has 0 radical (unpaired) electrons. The van der Waals surface area contributed by atoms with E-state index in [1.807, 2.05) is 50.5 Å². The lowest BCUT2D eigenvalue weighted by Gasteiger charge is -2.12. The second-order valence-corrected chi connectivity index (χ2v) is 7.06. The van der Waals surface area contributed by atoms with E-state index in [0.29, 0.717) is 25.0 Å². The summed E-state index contributed by atoms with van der Waals surface area (Å²) in [7, 11) is 4.06. The molecular weight excluding hydrogens is 463 g/mol. The smallest absolute Gasteiger partial charge is 0.193 e. The first-order valence-corrected chi connectivity index (χ1v) is 9.51. The maximum absolute atomic E-state index is 6.03. The zero-order valence-corrected chi connectivity index (χ0v) is 19.6. The zero-order chi connectivity index (χ0) is 19.6. The van der Waals surface area contributed by atoms with Crippen molar-refractivity contribution in [3.8, 4) is 5.75 Å². The highest BCUT2D eigenvalue weighted by Gasteiger charge is 2.03. The molecule has 0 fully saturated rings. The number of guanidine groups is 1. The second kappa shape index (κ2) is 12.6. The van der Waals surface area contributed by atoms with E-state index in [9.17, 15) is 0 Å². The number of likely N-dealkylation sites (N-methyl/N-ethyl adjacent to an activating group) is 1. The number of hydrogen-bond donors (Lipinski definition) is 2. The number of benzene rings is 2. The van der Waals surface area contributed by atoms with Crippen molar-refractivity contribution >= 4 is 35.6 Å². The maximum atomic E-state index is 6.03. The quantitative estimate of drug-likeness (QED) is 0.301. The van der Waals surface area contributed by atoms with E-state index in [0.717, 1.165) is 30.0 Å². The first-order valence-electron chi connectivity index (χ1n) is 9.51. The van der Waals surface area contributed by atoms with Crippen molar-refractivity contribution in [2.45, 2.75) is 32.7 Å². The van der Waals surface area contributed by atoms with Gasteiger partial charge in [-0.1, -0.05) is 38.1 Å². The molecule has 2 aromatic carbocycles. The predicted molar refractivity (Wildman–Crippen MR) is 130 cm³/mol. The zero-order valence-electron chi connectivity index (χ0n) is 17.3. The lowest BCUT2D eigenvalue weighted by Crippen LogP contribution is -2.22. The number of ether oxygens (including phenoxy) is 1. The number of hydrogen-bond acceptors (Lipinski definition) is 3. The van der Waals surface area contributed by atoms with Gasteiger partial charge in [0.2, 0.25) is 0 Å². The van der Waals surface area contributed by atoms with Gasteiger partial charge in [0.15, 0.2) is 5.96 Å². The van der Waals surface area contributed by atoms with Gasteiger partial charge in [0.1, 0.15) is 12.4 Å². The number of nitrogens with zero attached hydrogens (tertiary/aromatic N) is 2. The molecule has 0 heterocycles. The molecule has 154 valence electrons. The molecule has 0 saturated heterocycles.